The second-order valence-corrected chi connectivity index (χ2v) is 6.96. The first-order valence-electron chi connectivity index (χ1n) is 9.79. The third-order valence-corrected chi connectivity index (χ3v) is 5.07. The number of carbonyl (C=O) groups is 1. The van der Waals surface area contributed by atoms with Crippen molar-refractivity contribution in [1.29, 1.82) is 0 Å². The highest BCUT2D eigenvalue weighted by Crippen LogP contribution is 2.32. The van der Waals surface area contributed by atoms with Crippen molar-refractivity contribution in [3.8, 4) is 0 Å². The lowest BCUT2D eigenvalue weighted by molar-refractivity contribution is -0.132. The summed E-state index contributed by atoms with van der Waals surface area (Å²) in [6, 6.07) is 10.1. The number of rotatable bonds is 7. The maximum Gasteiger partial charge on any atom is 0.236 e. The normalized spacial score (nSPS) is 17.1. The summed E-state index contributed by atoms with van der Waals surface area (Å²) in [6.45, 7) is 8.99. The highest BCUT2D eigenvalue weighted by Gasteiger charge is 2.29. The van der Waals surface area contributed by atoms with E-state index in [2.05, 4.69) is 21.3 Å². The Morgan fingerprint density at radius 3 is 2.81 bits per heavy atom. The molecule has 0 aromatic carbocycles. The van der Waals surface area contributed by atoms with Crippen molar-refractivity contribution in [3.63, 3.8) is 0 Å². The Morgan fingerprint density at radius 2 is 2.11 bits per heavy atom. The third kappa shape index (κ3) is 4.83. The molecule has 6 nitrogen and oxygen atoms in total. The molecule has 1 atom stereocenters. The summed E-state index contributed by atoms with van der Waals surface area (Å²) in [5.74, 6) is 1.01. The molecule has 6 heteroatoms. The Bertz CT molecular complexity index is 760. The number of hydrogen-bond donors (Lipinski definition) is 1. The van der Waals surface area contributed by atoms with Gasteiger partial charge in [0.25, 0.3) is 0 Å². The molecule has 0 aliphatic carbocycles. The second kappa shape index (κ2) is 8.95. The Hall–Kier alpha value is -2.47. The van der Waals surface area contributed by atoms with E-state index in [4.69, 9.17) is 4.98 Å². The van der Waals surface area contributed by atoms with Gasteiger partial charge in [-0.05, 0) is 64.4 Å². The lowest BCUT2D eigenvalue weighted by atomic mass is 10.1. The van der Waals surface area contributed by atoms with Gasteiger partial charge in [0.1, 0.15) is 5.82 Å². The van der Waals surface area contributed by atoms with Crippen molar-refractivity contribution in [2.75, 3.05) is 31.5 Å². The zero-order valence-corrected chi connectivity index (χ0v) is 16.5. The molecule has 1 aliphatic rings. The molecule has 0 radical (unpaired) electrons. The minimum atomic E-state index is 0.189. The van der Waals surface area contributed by atoms with Crippen LogP contribution in [0.15, 0.2) is 36.5 Å². The summed E-state index contributed by atoms with van der Waals surface area (Å²) in [4.78, 5) is 25.8. The Balaban J connectivity index is 1.77. The van der Waals surface area contributed by atoms with Crippen LogP contribution in [0.5, 0.6) is 0 Å². The van der Waals surface area contributed by atoms with Gasteiger partial charge < -0.3 is 10.2 Å². The van der Waals surface area contributed by atoms with E-state index in [0.717, 1.165) is 55.4 Å². The summed E-state index contributed by atoms with van der Waals surface area (Å²) in [7, 11) is 0. The molecule has 1 fully saturated rings. The number of amides is 1. The van der Waals surface area contributed by atoms with Crippen LogP contribution in [0, 0.1) is 6.92 Å². The van der Waals surface area contributed by atoms with Gasteiger partial charge in [-0.3, -0.25) is 14.7 Å². The molecular weight excluding hydrogens is 338 g/mol. The molecule has 3 rings (SSSR count). The topological polar surface area (TPSA) is 61.4 Å². The third-order valence-electron chi connectivity index (χ3n) is 5.07. The minimum absolute atomic E-state index is 0.189. The van der Waals surface area contributed by atoms with Crippen LogP contribution in [0.4, 0.5) is 11.5 Å². The Morgan fingerprint density at radius 1 is 1.30 bits per heavy atom. The lowest BCUT2D eigenvalue weighted by Crippen LogP contribution is -2.40. The number of carbonyl (C=O) groups excluding carboxylic acids is 1. The largest absolute Gasteiger partial charge is 0.342 e. The maximum atomic E-state index is 12.6. The van der Waals surface area contributed by atoms with Crippen molar-refractivity contribution in [2.45, 2.75) is 39.7 Å². The minimum Gasteiger partial charge on any atom is -0.342 e. The van der Waals surface area contributed by atoms with Crippen molar-refractivity contribution in [1.82, 2.24) is 19.8 Å². The van der Waals surface area contributed by atoms with Gasteiger partial charge in [0.05, 0.1) is 18.3 Å². The number of aryl methyl sites for hydroxylation is 1. The first kappa shape index (κ1) is 19.3. The number of hydrogen-bond acceptors (Lipinski definition) is 5. The van der Waals surface area contributed by atoms with E-state index in [0.29, 0.717) is 6.54 Å². The molecule has 1 N–H and O–H groups in total. The first-order valence-corrected chi connectivity index (χ1v) is 9.79. The molecule has 0 bridgehead atoms. The smallest absolute Gasteiger partial charge is 0.236 e. The van der Waals surface area contributed by atoms with Crippen LogP contribution in [0.2, 0.25) is 0 Å². The molecule has 144 valence electrons. The number of likely N-dealkylation sites (N-methyl/N-ethyl adjacent to an activating group) is 1. The summed E-state index contributed by atoms with van der Waals surface area (Å²) in [5.41, 5.74) is 2.98. The van der Waals surface area contributed by atoms with E-state index in [-0.39, 0.29) is 11.9 Å². The average Bonchev–Trinajstić information content (AvgIpc) is 3.11. The number of aromatic nitrogens is 2. The van der Waals surface area contributed by atoms with Crippen LogP contribution in [0.1, 0.15) is 44.1 Å². The molecule has 1 unspecified atom stereocenters. The van der Waals surface area contributed by atoms with Gasteiger partial charge in [0.2, 0.25) is 5.91 Å². The predicted octanol–water partition coefficient (Wildman–Crippen LogP) is 3.53. The number of anilines is 2. The zero-order chi connectivity index (χ0) is 19.2. The fraction of sp³-hybridized carbons (Fsp3) is 0.476. The van der Waals surface area contributed by atoms with E-state index in [9.17, 15) is 4.79 Å². The Labute approximate surface area is 161 Å². The van der Waals surface area contributed by atoms with Crippen LogP contribution in [0.3, 0.4) is 0 Å². The van der Waals surface area contributed by atoms with Gasteiger partial charge >= 0.3 is 0 Å². The monoisotopic (exact) mass is 367 g/mol. The highest BCUT2D eigenvalue weighted by atomic mass is 16.2. The molecule has 2 aromatic heterocycles. The standard InChI is InChI=1S/C21H29N5O/c1-4-25(5-2)21(27)15-26-12-8-9-19(26)18-14-17(13-16(3)23-18)24-20-10-6-7-11-22-20/h6-7,10-11,13-14,19H,4-5,8-9,12,15H2,1-3H3,(H,22,23,24). The molecule has 1 saturated heterocycles. The quantitative estimate of drug-likeness (QED) is 0.811. The van der Waals surface area contributed by atoms with Crippen molar-refractivity contribution in [3.05, 3.63) is 47.9 Å². The number of nitrogens with zero attached hydrogens (tertiary/aromatic N) is 4. The van der Waals surface area contributed by atoms with E-state index >= 15 is 0 Å². The fourth-order valence-electron chi connectivity index (χ4n) is 3.72. The van der Waals surface area contributed by atoms with Crippen molar-refractivity contribution in [2.24, 2.45) is 0 Å². The molecule has 1 amide bonds. The maximum absolute atomic E-state index is 12.6. The molecular formula is C21H29N5O. The van der Waals surface area contributed by atoms with Crippen LogP contribution < -0.4 is 5.32 Å². The second-order valence-electron chi connectivity index (χ2n) is 6.96. The van der Waals surface area contributed by atoms with E-state index < -0.39 is 0 Å². The van der Waals surface area contributed by atoms with Gasteiger partial charge in [-0.2, -0.15) is 0 Å². The van der Waals surface area contributed by atoms with E-state index in [1.165, 1.54) is 0 Å². The van der Waals surface area contributed by atoms with Gasteiger partial charge in [-0.25, -0.2) is 4.98 Å². The van der Waals surface area contributed by atoms with Crippen LogP contribution in [-0.2, 0) is 4.79 Å². The van der Waals surface area contributed by atoms with Crippen molar-refractivity contribution >= 4 is 17.4 Å². The molecule has 0 saturated carbocycles. The molecule has 0 spiro atoms. The highest BCUT2D eigenvalue weighted by molar-refractivity contribution is 5.78. The lowest BCUT2D eigenvalue weighted by Gasteiger charge is -2.27. The zero-order valence-electron chi connectivity index (χ0n) is 16.5. The van der Waals surface area contributed by atoms with Crippen LogP contribution in [0.25, 0.3) is 0 Å². The molecule has 1 aliphatic heterocycles. The fourth-order valence-corrected chi connectivity index (χ4v) is 3.72. The summed E-state index contributed by atoms with van der Waals surface area (Å²) in [6.07, 6.45) is 3.90. The van der Waals surface area contributed by atoms with Gasteiger partial charge in [0, 0.05) is 30.7 Å². The molecule has 2 aromatic rings. The predicted molar refractivity (Wildman–Crippen MR) is 108 cm³/mol. The Kier molecular flexibility index (Phi) is 6.40. The van der Waals surface area contributed by atoms with Gasteiger partial charge in [-0.15, -0.1) is 0 Å². The van der Waals surface area contributed by atoms with Crippen LogP contribution in [-0.4, -0.2) is 51.9 Å². The summed E-state index contributed by atoms with van der Waals surface area (Å²) < 4.78 is 0. The molecule has 3 heterocycles. The van der Waals surface area contributed by atoms with Gasteiger partial charge in [0.15, 0.2) is 0 Å². The average molecular weight is 367 g/mol. The molecule has 27 heavy (non-hydrogen) atoms. The van der Waals surface area contributed by atoms with Gasteiger partial charge in [-0.1, -0.05) is 6.07 Å². The van der Waals surface area contributed by atoms with Crippen LogP contribution >= 0.6 is 0 Å². The van der Waals surface area contributed by atoms with Crippen molar-refractivity contribution < 1.29 is 4.79 Å². The number of nitrogens with one attached hydrogen (secondary N) is 1. The SMILES string of the molecule is CCN(CC)C(=O)CN1CCCC1c1cc(Nc2ccccn2)cc(C)n1. The number of likely N-dealkylation sites (tertiary alicyclic amines) is 1. The van der Waals surface area contributed by atoms with E-state index in [1.807, 2.05) is 49.9 Å². The van der Waals surface area contributed by atoms with E-state index in [1.54, 1.807) is 6.20 Å². The summed E-state index contributed by atoms with van der Waals surface area (Å²) in [5, 5.41) is 3.36. The summed E-state index contributed by atoms with van der Waals surface area (Å²) >= 11 is 0. The number of pyridine rings is 2. The first-order chi connectivity index (χ1) is 13.1.